The first-order valence-corrected chi connectivity index (χ1v) is 10.7. The number of carbonyl (C=O) groups is 2. The Morgan fingerprint density at radius 2 is 1.50 bits per heavy atom. The lowest BCUT2D eigenvalue weighted by molar-refractivity contribution is -0.140. The highest BCUT2D eigenvalue weighted by Crippen LogP contribution is 2.41. The number of halogens is 2. The molecular formula is C28H19F2NO3. The van der Waals surface area contributed by atoms with E-state index in [-0.39, 0.29) is 23.4 Å². The predicted molar refractivity (Wildman–Crippen MR) is 125 cm³/mol. The van der Waals surface area contributed by atoms with Crippen molar-refractivity contribution < 1.29 is 23.5 Å². The van der Waals surface area contributed by atoms with Crippen LogP contribution in [0.2, 0.25) is 0 Å². The van der Waals surface area contributed by atoms with Crippen LogP contribution in [0.15, 0.2) is 96.6 Å². The molecule has 1 amide bonds. The van der Waals surface area contributed by atoms with Crippen LogP contribution >= 0.6 is 0 Å². The normalized spacial score (nSPS) is 17.5. The van der Waals surface area contributed by atoms with E-state index in [0.29, 0.717) is 11.1 Å². The van der Waals surface area contributed by atoms with Crippen molar-refractivity contribution in [1.29, 1.82) is 0 Å². The highest BCUT2D eigenvalue weighted by Gasteiger charge is 2.46. The molecule has 5 rings (SSSR count). The maximum atomic E-state index is 14.9. The van der Waals surface area contributed by atoms with Crippen molar-refractivity contribution in [2.75, 3.05) is 0 Å². The largest absolute Gasteiger partial charge is 0.507 e. The van der Waals surface area contributed by atoms with Crippen molar-refractivity contribution in [3.63, 3.8) is 0 Å². The van der Waals surface area contributed by atoms with Gasteiger partial charge in [0.2, 0.25) is 0 Å². The maximum Gasteiger partial charge on any atom is 0.295 e. The molecule has 0 aliphatic carbocycles. The minimum Gasteiger partial charge on any atom is -0.507 e. The number of hydrogen-bond acceptors (Lipinski definition) is 3. The predicted octanol–water partition coefficient (Wildman–Crippen LogP) is 5.74. The third-order valence-corrected chi connectivity index (χ3v) is 6.03. The fourth-order valence-corrected chi connectivity index (χ4v) is 4.34. The van der Waals surface area contributed by atoms with E-state index < -0.39 is 29.4 Å². The Balaban J connectivity index is 1.67. The SMILES string of the molecule is O=C1C(=O)N(Cc2ccc(F)cc2)C(c2ccccc2F)/C1=C(\O)c1ccc2ccccc2c1. The summed E-state index contributed by atoms with van der Waals surface area (Å²) in [6.45, 7) is -0.0572. The molecule has 1 fully saturated rings. The molecule has 0 saturated carbocycles. The molecule has 4 nitrogen and oxygen atoms in total. The molecule has 4 aromatic rings. The second-order valence-electron chi connectivity index (χ2n) is 8.14. The maximum absolute atomic E-state index is 14.9. The molecule has 34 heavy (non-hydrogen) atoms. The molecule has 1 aliphatic rings. The van der Waals surface area contributed by atoms with Crippen molar-refractivity contribution in [3.8, 4) is 0 Å². The van der Waals surface area contributed by atoms with Gasteiger partial charge in [-0.25, -0.2) is 8.78 Å². The number of likely N-dealkylation sites (tertiary alicyclic amines) is 1. The second-order valence-corrected chi connectivity index (χ2v) is 8.14. The zero-order chi connectivity index (χ0) is 23.8. The van der Waals surface area contributed by atoms with Gasteiger partial charge in [0.15, 0.2) is 0 Å². The number of nitrogens with zero attached hydrogens (tertiary/aromatic N) is 1. The van der Waals surface area contributed by atoms with Gasteiger partial charge < -0.3 is 10.0 Å². The van der Waals surface area contributed by atoms with E-state index in [1.54, 1.807) is 24.3 Å². The van der Waals surface area contributed by atoms with E-state index in [0.717, 1.165) is 10.8 Å². The number of aliphatic hydroxyl groups excluding tert-OH is 1. The fourth-order valence-electron chi connectivity index (χ4n) is 4.34. The summed E-state index contributed by atoms with van der Waals surface area (Å²) in [5.74, 6) is -3.18. The number of fused-ring (bicyclic) bond motifs is 1. The van der Waals surface area contributed by atoms with Gasteiger partial charge >= 0.3 is 0 Å². The van der Waals surface area contributed by atoms with Gasteiger partial charge in [-0.05, 0) is 40.6 Å². The van der Waals surface area contributed by atoms with Crippen LogP contribution < -0.4 is 0 Å². The first-order chi connectivity index (χ1) is 16.4. The standard InChI is InChI=1S/C28H19F2NO3/c29-21-13-9-17(10-14-21)16-31-25(22-7-3-4-8-23(22)30)24(27(33)28(31)34)26(32)20-12-11-18-5-1-2-6-19(18)15-20/h1-15,25,32H,16H2/b26-24+. The van der Waals surface area contributed by atoms with Crippen LogP contribution in [0.25, 0.3) is 16.5 Å². The Hall–Kier alpha value is -4.32. The van der Waals surface area contributed by atoms with Gasteiger partial charge in [-0.15, -0.1) is 0 Å². The van der Waals surface area contributed by atoms with Gasteiger partial charge in [-0.1, -0.05) is 66.7 Å². The molecule has 4 aromatic carbocycles. The molecule has 0 bridgehead atoms. The molecular weight excluding hydrogens is 436 g/mol. The highest BCUT2D eigenvalue weighted by molar-refractivity contribution is 6.46. The first kappa shape index (κ1) is 21.5. The van der Waals surface area contributed by atoms with Crippen LogP contribution in [0.4, 0.5) is 8.78 Å². The average molecular weight is 455 g/mol. The molecule has 1 atom stereocenters. The molecule has 1 N–H and O–H groups in total. The molecule has 168 valence electrons. The number of Topliss-reactive ketones (excluding diaryl/α,β-unsaturated/α-hetero) is 1. The second kappa shape index (κ2) is 8.56. The smallest absolute Gasteiger partial charge is 0.295 e. The van der Waals surface area contributed by atoms with Gasteiger partial charge in [0.1, 0.15) is 17.4 Å². The van der Waals surface area contributed by atoms with E-state index in [2.05, 4.69) is 0 Å². The summed E-state index contributed by atoms with van der Waals surface area (Å²) in [5, 5.41) is 13.0. The topological polar surface area (TPSA) is 57.6 Å². The van der Waals surface area contributed by atoms with Crippen molar-refractivity contribution in [2.24, 2.45) is 0 Å². The number of carbonyl (C=O) groups excluding carboxylic acids is 2. The van der Waals surface area contributed by atoms with Crippen LogP contribution in [-0.4, -0.2) is 21.7 Å². The van der Waals surface area contributed by atoms with Crippen LogP contribution in [0.1, 0.15) is 22.7 Å². The van der Waals surface area contributed by atoms with Crippen LogP contribution in [-0.2, 0) is 16.1 Å². The fraction of sp³-hybridized carbons (Fsp3) is 0.0714. The summed E-state index contributed by atoms with van der Waals surface area (Å²) in [7, 11) is 0. The number of ketones is 1. The molecule has 0 aromatic heterocycles. The summed E-state index contributed by atoms with van der Waals surface area (Å²) >= 11 is 0. The Labute approximate surface area is 194 Å². The zero-order valence-corrected chi connectivity index (χ0v) is 17.9. The summed E-state index contributed by atoms with van der Waals surface area (Å²) in [4.78, 5) is 27.4. The van der Waals surface area contributed by atoms with Crippen LogP contribution in [0, 0.1) is 11.6 Å². The van der Waals surface area contributed by atoms with E-state index in [9.17, 15) is 23.5 Å². The lowest BCUT2D eigenvalue weighted by Gasteiger charge is -2.25. The molecule has 1 unspecified atom stereocenters. The molecule has 1 aliphatic heterocycles. The lowest BCUT2D eigenvalue weighted by Crippen LogP contribution is -2.29. The van der Waals surface area contributed by atoms with Gasteiger partial charge in [0.05, 0.1) is 11.6 Å². The van der Waals surface area contributed by atoms with Crippen molar-refractivity contribution in [1.82, 2.24) is 4.90 Å². The van der Waals surface area contributed by atoms with E-state index >= 15 is 0 Å². The summed E-state index contributed by atoms with van der Waals surface area (Å²) in [6.07, 6.45) is 0. The van der Waals surface area contributed by atoms with Gasteiger partial charge in [-0.3, -0.25) is 9.59 Å². The molecule has 0 spiro atoms. The monoisotopic (exact) mass is 455 g/mol. The number of hydrogen-bond donors (Lipinski definition) is 1. The van der Waals surface area contributed by atoms with Crippen molar-refractivity contribution >= 4 is 28.2 Å². The van der Waals surface area contributed by atoms with E-state index in [1.807, 2.05) is 24.3 Å². The molecule has 1 saturated heterocycles. The Morgan fingerprint density at radius 1 is 0.824 bits per heavy atom. The molecule has 0 radical (unpaired) electrons. The van der Waals surface area contributed by atoms with Crippen LogP contribution in [0.3, 0.4) is 0 Å². The Bertz CT molecular complexity index is 1460. The summed E-state index contributed by atoms with van der Waals surface area (Å²) < 4.78 is 28.3. The van der Waals surface area contributed by atoms with Gasteiger partial charge in [-0.2, -0.15) is 0 Å². The van der Waals surface area contributed by atoms with Gasteiger partial charge in [0.25, 0.3) is 11.7 Å². The third-order valence-electron chi connectivity index (χ3n) is 6.03. The van der Waals surface area contributed by atoms with E-state index in [1.165, 1.54) is 47.4 Å². The zero-order valence-electron chi connectivity index (χ0n) is 17.9. The third kappa shape index (κ3) is 3.73. The van der Waals surface area contributed by atoms with Crippen LogP contribution in [0.5, 0.6) is 0 Å². The first-order valence-electron chi connectivity index (χ1n) is 10.7. The minimum atomic E-state index is -1.14. The number of benzene rings is 4. The quantitative estimate of drug-likeness (QED) is 0.243. The van der Waals surface area contributed by atoms with Gasteiger partial charge in [0, 0.05) is 17.7 Å². The Morgan fingerprint density at radius 3 is 2.24 bits per heavy atom. The summed E-state index contributed by atoms with van der Waals surface area (Å²) in [6, 6.07) is 22.9. The highest BCUT2D eigenvalue weighted by atomic mass is 19.1. The lowest BCUT2D eigenvalue weighted by atomic mass is 9.94. The molecule has 6 heteroatoms. The minimum absolute atomic E-state index is 0.0572. The molecule has 1 heterocycles. The number of rotatable bonds is 4. The van der Waals surface area contributed by atoms with E-state index in [4.69, 9.17) is 0 Å². The summed E-state index contributed by atoms with van der Waals surface area (Å²) in [5.41, 5.74) is 0.814. The number of aliphatic hydroxyl groups is 1. The Kier molecular flexibility index (Phi) is 5.42. The number of amides is 1. The van der Waals surface area contributed by atoms with Crippen molar-refractivity contribution in [2.45, 2.75) is 12.6 Å². The van der Waals surface area contributed by atoms with Crippen molar-refractivity contribution in [3.05, 3.63) is 125 Å². The average Bonchev–Trinajstić information content (AvgIpc) is 3.09.